The zero-order valence-corrected chi connectivity index (χ0v) is 18.9. The number of ether oxygens (including phenoxy) is 2. The number of guanidine groups is 1. The smallest absolute Gasteiger partial charge is 0.269 e. The number of hydrogen-bond acceptors (Lipinski definition) is 6. The van der Waals surface area contributed by atoms with Crippen LogP contribution in [-0.4, -0.2) is 29.1 Å². The second-order valence-corrected chi connectivity index (χ2v) is 8.35. The van der Waals surface area contributed by atoms with Gasteiger partial charge in [0.05, 0.1) is 17.5 Å². The van der Waals surface area contributed by atoms with Crippen LogP contribution in [0.25, 0.3) is 0 Å². The van der Waals surface area contributed by atoms with Crippen LogP contribution in [0.3, 0.4) is 0 Å². The van der Waals surface area contributed by atoms with Gasteiger partial charge in [-0.3, -0.25) is 15.4 Å². The fraction of sp³-hybridized carbons (Fsp3) is 0.231. The topological polar surface area (TPSA) is 113 Å². The van der Waals surface area contributed by atoms with Crippen molar-refractivity contribution in [3.63, 3.8) is 0 Å². The summed E-state index contributed by atoms with van der Waals surface area (Å²) >= 11 is 0. The van der Waals surface area contributed by atoms with Gasteiger partial charge in [-0.05, 0) is 47.2 Å². The summed E-state index contributed by atoms with van der Waals surface area (Å²) < 4.78 is 11.2. The molecule has 2 heterocycles. The summed E-state index contributed by atoms with van der Waals surface area (Å²) in [7, 11) is 0. The largest absolute Gasteiger partial charge is 0.454 e. The molecule has 1 N–H and O–H groups in total. The molecule has 1 atom stereocenters. The number of non-ortho nitro benzene ring substituents is 1. The average molecular weight is 470 g/mol. The summed E-state index contributed by atoms with van der Waals surface area (Å²) in [4.78, 5) is 17.5. The standard InChI is InChI=1S/C26H23N5O4/c27-16-29-26(28-15-19-4-2-1-3-5-19)30-11-10-20-13-24-25(35-17-34-24)14-22(20)23(30)12-18-6-8-21(9-7-18)31(32)33/h1-9,13-14,23H,10-12,15,17H2,(H,28,29). The van der Waals surface area contributed by atoms with E-state index in [-0.39, 0.29) is 18.5 Å². The fourth-order valence-corrected chi connectivity index (χ4v) is 4.54. The first-order chi connectivity index (χ1) is 17.1. The number of nitriles is 1. The van der Waals surface area contributed by atoms with Gasteiger partial charge in [0.25, 0.3) is 5.69 Å². The highest BCUT2D eigenvalue weighted by molar-refractivity contribution is 5.82. The van der Waals surface area contributed by atoms with E-state index in [1.807, 2.05) is 48.7 Å². The van der Waals surface area contributed by atoms with Crippen LogP contribution in [0.1, 0.15) is 28.3 Å². The lowest BCUT2D eigenvalue weighted by Crippen LogP contribution is -2.46. The first kappa shape index (κ1) is 22.2. The molecule has 2 aliphatic heterocycles. The monoisotopic (exact) mass is 469 g/mol. The predicted octanol–water partition coefficient (Wildman–Crippen LogP) is 4.09. The maximum atomic E-state index is 11.1. The van der Waals surface area contributed by atoms with E-state index < -0.39 is 4.92 Å². The number of fused-ring (bicyclic) bond motifs is 2. The molecule has 0 saturated heterocycles. The van der Waals surface area contributed by atoms with E-state index in [0.29, 0.717) is 31.2 Å². The second-order valence-electron chi connectivity index (χ2n) is 8.35. The van der Waals surface area contributed by atoms with Crippen molar-refractivity contribution in [2.45, 2.75) is 25.4 Å². The van der Waals surface area contributed by atoms with Crippen molar-refractivity contribution in [1.82, 2.24) is 10.2 Å². The van der Waals surface area contributed by atoms with Crippen LogP contribution in [0.5, 0.6) is 11.5 Å². The van der Waals surface area contributed by atoms with Crippen molar-refractivity contribution < 1.29 is 14.4 Å². The van der Waals surface area contributed by atoms with Gasteiger partial charge in [0.2, 0.25) is 12.8 Å². The first-order valence-corrected chi connectivity index (χ1v) is 11.3. The summed E-state index contributed by atoms with van der Waals surface area (Å²) in [5, 5.41) is 23.4. The van der Waals surface area contributed by atoms with E-state index in [1.54, 1.807) is 12.1 Å². The normalized spacial score (nSPS) is 16.4. The molecule has 3 aromatic carbocycles. The summed E-state index contributed by atoms with van der Waals surface area (Å²) in [6.07, 6.45) is 3.35. The van der Waals surface area contributed by atoms with Gasteiger partial charge in [-0.15, -0.1) is 0 Å². The zero-order chi connectivity index (χ0) is 24.2. The summed E-state index contributed by atoms with van der Waals surface area (Å²) in [5.74, 6) is 1.92. The quantitative estimate of drug-likeness (QED) is 0.150. The minimum absolute atomic E-state index is 0.0503. The minimum Gasteiger partial charge on any atom is -0.454 e. The molecule has 5 rings (SSSR count). The number of nitro groups is 1. The molecule has 0 radical (unpaired) electrons. The van der Waals surface area contributed by atoms with Gasteiger partial charge >= 0.3 is 0 Å². The van der Waals surface area contributed by atoms with E-state index >= 15 is 0 Å². The lowest BCUT2D eigenvalue weighted by molar-refractivity contribution is -0.384. The van der Waals surface area contributed by atoms with Crippen molar-refractivity contribution in [2.24, 2.45) is 4.99 Å². The number of nitro benzene ring substituents is 1. The maximum absolute atomic E-state index is 11.1. The number of aliphatic imine (C=N–C) groups is 1. The minimum atomic E-state index is -0.405. The molecule has 0 amide bonds. The molecule has 0 bridgehead atoms. The maximum Gasteiger partial charge on any atom is 0.269 e. The Labute approximate surface area is 202 Å². The van der Waals surface area contributed by atoms with Crippen LogP contribution >= 0.6 is 0 Å². The van der Waals surface area contributed by atoms with Crippen molar-refractivity contribution in [2.75, 3.05) is 13.3 Å². The number of benzene rings is 3. The molecule has 2 aliphatic rings. The van der Waals surface area contributed by atoms with E-state index in [9.17, 15) is 15.4 Å². The van der Waals surface area contributed by atoms with Gasteiger partial charge in [0.15, 0.2) is 17.7 Å². The Hall–Kier alpha value is -4.58. The molecule has 0 aliphatic carbocycles. The van der Waals surface area contributed by atoms with Crippen molar-refractivity contribution in [1.29, 1.82) is 5.26 Å². The molecule has 0 spiro atoms. The van der Waals surface area contributed by atoms with E-state index in [4.69, 9.17) is 14.5 Å². The molecule has 1 unspecified atom stereocenters. The summed E-state index contributed by atoms with van der Waals surface area (Å²) in [5.41, 5.74) is 4.24. The summed E-state index contributed by atoms with van der Waals surface area (Å²) in [6.45, 7) is 1.26. The Kier molecular flexibility index (Phi) is 6.18. The van der Waals surface area contributed by atoms with Crippen molar-refractivity contribution in [3.05, 3.63) is 99.1 Å². The molecule has 9 heteroatoms. The number of hydrogen-bond donors (Lipinski definition) is 1. The van der Waals surface area contributed by atoms with Crippen molar-refractivity contribution >= 4 is 11.6 Å². The van der Waals surface area contributed by atoms with Crippen LogP contribution in [0.15, 0.2) is 71.7 Å². The molecular formula is C26H23N5O4. The van der Waals surface area contributed by atoms with Gasteiger partial charge in [0.1, 0.15) is 0 Å². The Balaban J connectivity index is 1.51. The first-order valence-electron chi connectivity index (χ1n) is 11.3. The van der Waals surface area contributed by atoms with Gasteiger partial charge in [-0.2, -0.15) is 5.26 Å². The van der Waals surface area contributed by atoms with Gasteiger partial charge in [0, 0.05) is 18.7 Å². The molecular weight excluding hydrogens is 446 g/mol. The van der Waals surface area contributed by atoms with Crippen LogP contribution in [-0.2, 0) is 19.4 Å². The van der Waals surface area contributed by atoms with Gasteiger partial charge in [-0.1, -0.05) is 42.5 Å². The summed E-state index contributed by atoms with van der Waals surface area (Å²) in [6, 6.07) is 20.3. The van der Waals surface area contributed by atoms with Gasteiger partial charge < -0.3 is 14.4 Å². The lowest BCUT2D eigenvalue weighted by Gasteiger charge is -2.39. The number of nitrogens with one attached hydrogen (secondary N) is 1. The highest BCUT2D eigenvalue weighted by Gasteiger charge is 2.32. The molecule has 9 nitrogen and oxygen atoms in total. The number of nitrogens with zero attached hydrogens (tertiary/aromatic N) is 4. The van der Waals surface area contributed by atoms with Crippen LogP contribution < -0.4 is 14.8 Å². The van der Waals surface area contributed by atoms with E-state index in [0.717, 1.165) is 34.4 Å². The number of rotatable bonds is 5. The zero-order valence-electron chi connectivity index (χ0n) is 18.9. The lowest BCUT2D eigenvalue weighted by atomic mass is 9.88. The third-order valence-corrected chi connectivity index (χ3v) is 6.26. The second kappa shape index (κ2) is 9.73. The molecule has 0 fully saturated rings. The molecule has 3 aromatic rings. The molecule has 0 saturated carbocycles. The molecule has 35 heavy (non-hydrogen) atoms. The Morgan fingerprint density at radius 2 is 1.86 bits per heavy atom. The average Bonchev–Trinajstić information content (AvgIpc) is 3.34. The van der Waals surface area contributed by atoms with Crippen molar-refractivity contribution in [3.8, 4) is 17.7 Å². The third-order valence-electron chi connectivity index (χ3n) is 6.26. The molecule has 0 aromatic heterocycles. The molecule has 176 valence electrons. The van der Waals surface area contributed by atoms with Gasteiger partial charge in [-0.25, -0.2) is 4.99 Å². The highest BCUT2D eigenvalue weighted by Crippen LogP contribution is 2.41. The third kappa shape index (κ3) is 4.73. The van der Waals surface area contributed by atoms with Crippen LogP contribution in [0.2, 0.25) is 0 Å². The fourth-order valence-electron chi connectivity index (χ4n) is 4.54. The highest BCUT2D eigenvalue weighted by atomic mass is 16.7. The SMILES string of the molecule is N#CNC(=NCc1ccccc1)N1CCc2cc3c(cc2C1Cc1ccc([N+](=O)[O-])cc1)OCO3. The van der Waals surface area contributed by atoms with E-state index in [2.05, 4.69) is 10.2 Å². The Morgan fingerprint density at radius 1 is 1.11 bits per heavy atom. The Morgan fingerprint density at radius 3 is 2.57 bits per heavy atom. The Bertz CT molecular complexity index is 1300. The van der Waals surface area contributed by atoms with E-state index in [1.165, 1.54) is 12.1 Å². The van der Waals surface area contributed by atoms with Crippen LogP contribution in [0.4, 0.5) is 5.69 Å². The predicted molar refractivity (Wildman–Crippen MR) is 129 cm³/mol. The van der Waals surface area contributed by atoms with Crippen LogP contribution in [0, 0.1) is 21.6 Å².